The molecule has 0 spiro atoms. The van der Waals surface area contributed by atoms with Crippen molar-refractivity contribution in [2.75, 3.05) is 25.1 Å². The largest absolute Gasteiger partial charge is 0.465 e. The van der Waals surface area contributed by atoms with Crippen LogP contribution in [0.15, 0.2) is 17.2 Å². The van der Waals surface area contributed by atoms with Crippen molar-refractivity contribution in [3.8, 4) is 0 Å². The highest BCUT2D eigenvalue weighted by atomic mass is 16.5. The van der Waals surface area contributed by atoms with Crippen molar-refractivity contribution in [3.63, 3.8) is 0 Å². The molecule has 0 aliphatic heterocycles. The molecule has 1 N–H and O–H groups in total. The molecule has 1 aromatic rings. The second-order valence-corrected chi connectivity index (χ2v) is 2.93. The van der Waals surface area contributed by atoms with Crippen molar-refractivity contribution in [3.05, 3.63) is 22.7 Å². The monoisotopic (exact) mass is 211 g/mol. The lowest BCUT2D eigenvalue weighted by Crippen LogP contribution is -2.28. The molecule has 0 saturated heterocycles. The van der Waals surface area contributed by atoms with E-state index < -0.39 is 0 Å². The quantitative estimate of drug-likeness (QED) is 0.696. The Morgan fingerprint density at radius 1 is 1.67 bits per heavy atom. The Balaban J connectivity index is 2.64. The summed E-state index contributed by atoms with van der Waals surface area (Å²) in [4.78, 5) is 30.0. The van der Waals surface area contributed by atoms with Crippen molar-refractivity contribution in [1.29, 1.82) is 0 Å². The maximum atomic E-state index is 11.1. The highest BCUT2D eigenvalue weighted by Crippen LogP contribution is 2.02. The molecule has 0 fully saturated rings. The number of hydrogen-bond donors (Lipinski definition) is 1. The molecule has 0 saturated carbocycles. The van der Waals surface area contributed by atoms with Crippen LogP contribution in [-0.2, 0) is 9.53 Å². The molecule has 0 bridgehead atoms. The average Bonchev–Trinajstić information content (AvgIpc) is 2.18. The number of hydrogen-bond acceptors (Lipinski definition) is 5. The highest BCUT2D eigenvalue weighted by Gasteiger charge is 2.08. The van der Waals surface area contributed by atoms with E-state index in [4.69, 9.17) is 4.74 Å². The Bertz CT molecular complexity index is 388. The van der Waals surface area contributed by atoms with Gasteiger partial charge in [0, 0.05) is 13.1 Å². The van der Waals surface area contributed by atoms with Crippen LogP contribution in [0.5, 0.6) is 0 Å². The van der Waals surface area contributed by atoms with Crippen LogP contribution >= 0.6 is 0 Å². The van der Waals surface area contributed by atoms with Crippen molar-refractivity contribution in [2.45, 2.75) is 6.92 Å². The van der Waals surface area contributed by atoms with Gasteiger partial charge in [-0.1, -0.05) is 0 Å². The Morgan fingerprint density at radius 3 is 3.00 bits per heavy atom. The first kappa shape index (κ1) is 11.2. The number of nitrogens with zero attached hydrogens (tertiary/aromatic N) is 2. The molecule has 6 heteroatoms. The second kappa shape index (κ2) is 5.14. The third-order valence-corrected chi connectivity index (χ3v) is 1.73. The van der Waals surface area contributed by atoms with E-state index in [-0.39, 0.29) is 18.1 Å². The molecule has 0 aliphatic carbocycles. The number of ether oxygens (including phenoxy) is 1. The van der Waals surface area contributed by atoms with E-state index in [0.717, 1.165) is 0 Å². The van der Waals surface area contributed by atoms with E-state index in [1.165, 1.54) is 12.4 Å². The summed E-state index contributed by atoms with van der Waals surface area (Å²) < 4.78 is 4.77. The third kappa shape index (κ3) is 3.41. The lowest BCUT2D eigenvalue weighted by Gasteiger charge is -2.15. The molecular weight excluding hydrogens is 198 g/mol. The number of aromatic amines is 1. The van der Waals surface area contributed by atoms with Crippen molar-refractivity contribution < 1.29 is 9.53 Å². The van der Waals surface area contributed by atoms with Gasteiger partial charge < -0.3 is 14.6 Å². The number of H-pyrrole nitrogens is 1. The zero-order valence-electron chi connectivity index (χ0n) is 8.69. The fraction of sp³-hybridized carbons (Fsp3) is 0.444. The van der Waals surface area contributed by atoms with Gasteiger partial charge in [0.2, 0.25) is 0 Å². The number of rotatable bonds is 4. The number of carbonyl (C=O) groups excluding carboxylic acids is 1. The first-order valence-corrected chi connectivity index (χ1v) is 4.55. The number of likely N-dealkylation sites (N-methyl/N-ethyl adjacent to an activating group) is 1. The van der Waals surface area contributed by atoms with Gasteiger partial charge in [0.05, 0.1) is 12.9 Å². The van der Waals surface area contributed by atoms with Crippen molar-refractivity contribution in [2.24, 2.45) is 0 Å². The molecule has 15 heavy (non-hydrogen) atoms. The van der Waals surface area contributed by atoms with Gasteiger partial charge in [-0.15, -0.1) is 0 Å². The summed E-state index contributed by atoms with van der Waals surface area (Å²) in [5.41, 5.74) is -0.254. The predicted molar refractivity (Wildman–Crippen MR) is 54.8 cm³/mol. The molecule has 1 heterocycles. The van der Waals surface area contributed by atoms with E-state index in [1.807, 2.05) is 0 Å². The maximum absolute atomic E-state index is 11.1. The molecule has 0 radical (unpaired) electrons. The van der Waals surface area contributed by atoms with Gasteiger partial charge in [0.15, 0.2) is 0 Å². The number of carbonyl (C=O) groups is 1. The fourth-order valence-corrected chi connectivity index (χ4v) is 1.05. The first-order chi connectivity index (χ1) is 7.13. The van der Waals surface area contributed by atoms with Gasteiger partial charge in [-0.2, -0.15) is 0 Å². The fourth-order valence-electron chi connectivity index (χ4n) is 1.05. The Labute approximate surface area is 86.9 Å². The number of aromatic nitrogens is 2. The Hall–Kier alpha value is -1.85. The van der Waals surface area contributed by atoms with Gasteiger partial charge in [-0.05, 0) is 6.92 Å². The van der Waals surface area contributed by atoms with E-state index in [1.54, 1.807) is 18.9 Å². The van der Waals surface area contributed by atoms with Crippen molar-refractivity contribution >= 4 is 11.8 Å². The molecule has 0 amide bonds. The highest BCUT2D eigenvalue weighted by molar-refractivity contribution is 5.75. The van der Waals surface area contributed by atoms with Crippen LogP contribution in [0.1, 0.15) is 6.92 Å². The van der Waals surface area contributed by atoms with Crippen LogP contribution in [0.3, 0.4) is 0 Å². The Morgan fingerprint density at radius 2 is 2.40 bits per heavy atom. The van der Waals surface area contributed by atoms with Crippen molar-refractivity contribution in [1.82, 2.24) is 9.97 Å². The Kier molecular flexibility index (Phi) is 3.84. The average molecular weight is 211 g/mol. The molecule has 0 atom stereocenters. The normalized spacial score (nSPS) is 9.73. The van der Waals surface area contributed by atoms with Gasteiger partial charge in [-0.25, -0.2) is 4.98 Å². The number of esters is 1. The van der Waals surface area contributed by atoms with Crippen LogP contribution in [0, 0.1) is 0 Å². The SMILES string of the molecule is CCOC(=O)CN(C)c1cc(=O)[nH]cn1. The number of nitrogens with one attached hydrogen (secondary N) is 1. The molecule has 1 aromatic heterocycles. The topological polar surface area (TPSA) is 75.3 Å². The summed E-state index contributed by atoms with van der Waals surface area (Å²) in [6.45, 7) is 2.16. The molecule has 6 nitrogen and oxygen atoms in total. The summed E-state index contributed by atoms with van der Waals surface area (Å²) >= 11 is 0. The standard InChI is InChI=1S/C9H13N3O3/c1-3-15-9(14)5-12(2)7-4-8(13)11-6-10-7/h4,6H,3,5H2,1-2H3,(H,10,11,13). The molecule has 82 valence electrons. The van der Waals surface area contributed by atoms with Crippen LogP contribution in [0.2, 0.25) is 0 Å². The third-order valence-electron chi connectivity index (χ3n) is 1.73. The minimum atomic E-state index is -0.345. The van der Waals surface area contributed by atoms with Gasteiger partial charge in [0.25, 0.3) is 5.56 Å². The molecular formula is C9H13N3O3. The smallest absolute Gasteiger partial charge is 0.325 e. The minimum absolute atomic E-state index is 0.0737. The van der Waals surface area contributed by atoms with E-state index >= 15 is 0 Å². The first-order valence-electron chi connectivity index (χ1n) is 4.55. The van der Waals surface area contributed by atoms with E-state index in [9.17, 15) is 9.59 Å². The van der Waals surface area contributed by atoms with Gasteiger partial charge in [-0.3, -0.25) is 9.59 Å². The van der Waals surface area contributed by atoms with Gasteiger partial charge >= 0.3 is 5.97 Å². The molecule has 1 rings (SSSR count). The summed E-state index contributed by atoms with van der Waals surface area (Å²) in [5.74, 6) is 0.0916. The lowest BCUT2D eigenvalue weighted by molar-refractivity contribution is -0.141. The summed E-state index contributed by atoms with van der Waals surface area (Å²) in [6.07, 6.45) is 1.29. The van der Waals surface area contributed by atoms with Gasteiger partial charge in [0.1, 0.15) is 12.4 Å². The van der Waals surface area contributed by atoms with E-state index in [2.05, 4.69) is 9.97 Å². The van der Waals surface area contributed by atoms with Crippen LogP contribution in [0.25, 0.3) is 0 Å². The zero-order valence-corrected chi connectivity index (χ0v) is 8.69. The lowest BCUT2D eigenvalue weighted by atomic mass is 10.5. The number of anilines is 1. The van der Waals surface area contributed by atoms with Crippen LogP contribution in [0.4, 0.5) is 5.82 Å². The summed E-state index contributed by atoms with van der Waals surface area (Å²) in [6, 6.07) is 1.32. The van der Waals surface area contributed by atoms with Crippen LogP contribution in [-0.4, -0.2) is 36.1 Å². The molecule has 0 aliphatic rings. The maximum Gasteiger partial charge on any atom is 0.325 e. The summed E-state index contributed by atoms with van der Waals surface area (Å²) in [5, 5.41) is 0. The molecule has 0 unspecified atom stereocenters. The zero-order chi connectivity index (χ0) is 11.3. The van der Waals surface area contributed by atoms with E-state index in [0.29, 0.717) is 12.4 Å². The minimum Gasteiger partial charge on any atom is -0.465 e. The second-order valence-electron chi connectivity index (χ2n) is 2.93. The molecule has 0 aromatic carbocycles. The summed E-state index contributed by atoms with van der Waals surface area (Å²) in [7, 11) is 1.67. The predicted octanol–water partition coefficient (Wildman–Crippen LogP) is -0.231. The van der Waals surface area contributed by atoms with Crippen LogP contribution < -0.4 is 10.5 Å².